The summed E-state index contributed by atoms with van der Waals surface area (Å²) in [6.07, 6.45) is 1.33. The number of esters is 1. The third-order valence-electron chi connectivity index (χ3n) is 4.61. The van der Waals surface area contributed by atoms with Crippen LogP contribution in [0, 0.1) is 27.7 Å². The van der Waals surface area contributed by atoms with Gasteiger partial charge in [-0.15, -0.1) is 11.3 Å². The number of nitrogens with zero attached hydrogens (tertiary/aromatic N) is 2. The van der Waals surface area contributed by atoms with Crippen LogP contribution in [0.4, 0.5) is 5.69 Å². The molecule has 0 radical (unpaired) electrons. The third-order valence-corrected chi connectivity index (χ3v) is 5.73. The highest BCUT2D eigenvalue weighted by molar-refractivity contribution is 7.18. The quantitative estimate of drug-likeness (QED) is 0.666. The van der Waals surface area contributed by atoms with Gasteiger partial charge >= 0.3 is 5.97 Å². The average molecular weight is 399 g/mol. The van der Waals surface area contributed by atoms with E-state index in [-0.39, 0.29) is 12.1 Å². The lowest BCUT2D eigenvalue weighted by Gasteiger charge is -2.09. The molecule has 0 aliphatic heterocycles. The van der Waals surface area contributed by atoms with Crippen molar-refractivity contribution in [3.8, 4) is 0 Å². The number of thiophene rings is 1. The van der Waals surface area contributed by atoms with E-state index in [1.807, 2.05) is 39.8 Å². The van der Waals surface area contributed by atoms with Crippen molar-refractivity contribution in [1.82, 2.24) is 9.55 Å². The number of rotatable bonds is 5. The number of anilines is 1. The van der Waals surface area contributed by atoms with Gasteiger partial charge in [-0.3, -0.25) is 19.0 Å². The zero-order valence-electron chi connectivity index (χ0n) is 16.2. The molecule has 0 aliphatic rings. The Morgan fingerprint density at radius 1 is 1.18 bits per heavy atom. The van der Waals surface area contributed by atoms with Gasteiger partial charge in [0.05, 0.1) is 11.7 Å². The first-order valence-electron chi connectivity index (χ1n) is 8.74. The van der Waals surface area contributed by atoms with Gasteiger partial charge in [0.25, 0.3) is 11.5 Å². The fourth-order valence-corrected chi connectivity index (χ4v) is 3.72. The lowest BCUT2D eigenvalue weighted by molar-refractivity contribution is -0.147. The van der Waals surface area contributed by atoms with Crippen molar-refractivity contribution in [2.45, 2.75) is 34.2 Å². The number of carbonyl (C=O) groups excluding carboxylic acids is 2. The first-order valence-corrected chi connectivity index (χ1v) is 9.55. The molecule has 146 valence electrons. The van der Waals surface area contributed by atoms with E-state index in [1.165, 1.54) is 22.2 Å². The van der Waals surface area contributed by atoms with Crippen LogP contribution >= 0.6 is 11.3 Å². The van der Waals surface area contributed by atoms with Crippen LogP contribution < -0.4 is 10.9 Å². The van der Waals surface area contributed by atoms with Crippen LogP contribution in [-0.4, -0.2) is 28.0 Å². The lowest BCUT2D eigenvalue weighted by Crippen LogP contribution is -2.28. The normalized spacial score (nSPS) is 10.9. The maximum Gasteiger partial charge on any atom is 0.326 e. The van der Waals surface area contributed by atoms with E-state index in [2.05, 4.69) is 10.3 Å². The number of aryl methyl sites for hydroxylation is 4. The van der Waals surface area contributed by atoms with Crippen molar-refractivity contribution in [1.29, 1.82) is 0 Å². The van der Waals surface area contributed by atoms with E-state index >= 15 is 0 Å². The van der Waals surface area contributed by atoms with Crippen LogP contribution in [0.3, 0.4) is 0 Å². The monoisotopic (exact) mass is 399 g/mol. The summed E-state index contributed by atoms with van der Waals surface area (Å²) in [6.45, 7) is 6.99. The second kappa shape index (κ2) is 7.93. The Morgan fingerprint density at radius 3 is 2.64 bits per heavy atom. The molecule has 0 bridgehead atoms. The Morgan fingerprint density at radius 2 is 1.93 bits per heavy atom. The van der Waals surface area contributed by atoms with Crippen LogP contribution in [-0.2, 0) is 20.9 Å². The first-order chi connectivity index (χ1) is 13.3. The highest BCUT2D eigenvalue weighted by Crippen LogP contribution is 2.25. The maximum atomic E-state index is 12.6. The summed E-state index contributed by atoms with van der Waals surface area (Å²) in [5, 5.41) is 3.20. The number of carbonyl (C=O) groups is 2. The van der Waals surface area contributed by atoms with E-state index < -0.39 is 18.5 Å². The van der Waals surface area contributed by atoms with Gasteiger partial charge in [-0.1, -0.05) is 6.07 Å². The summed E-state index contributed by atoms with van der Waals surface area (Å²) in [5.41, 5.74) is 3.39. The Bertz CT molecular complexity index is 1130. The Hall–Kier alpha value is -3.00. The molecule has 8 heteroatoms. The number of fused-ring (bicyclic) bond motifs is 1. The average Bonchev–Trinajstić information content (AvgIpc) is 2.94. The second-order valence-electron chi connectivity index (χ2n) is 6.65. The molecule has 0 saturated carbocycles. The Balaban J connectivity index is 1.61. The molecule has 7 nitrogen and oxygen atoms in total. The van der Waals surface area contributed by atoms with Crippen LogP contribution in [0.5, 0.6) is 0 Å². The van der Waals surface area contributed by atoms with E-state index in [0.29, 0.717) is 15.9 Å². The molecular formula is C20H21N3O4S. The zero-order valence-corrected chi connectivity index (χ0v) is 17.0. The number of benzene rings is 1. The number of amides is 1. The predicted octanol–water partition coefficient (Wildman–Crippen LogP) is 2.87. The molecule has 2 heterocycles. The fraction of sp³-hybridized carbons (Fsp3) is 0.300. The minimum absolute atomic E-state index is 0.289. The molecule has 1 aromatic carbocycles. The fourth-order valence-electron chi connectivity index (χ4n) is 2.73. The molecule has 1 N–H and O–H groups in total. The van der Waals surface area contributed by atoms with E-state index in [9.17, 15) is 14.4 Å². The number of nitrogens with one attached hydrogen (secondary N) is 1. The van der Waals surface area contributed by atoms with Crippen LogP contribution in [0.25, 0.3) is 10.2 Å². The lowest BCUT2D eigenvalue weighted by atomic mass is 10.1. The molecular weight excluding hydrogens is 378 g/mol. The van der Waals surface area contributed by atoms with Crippen molar-refractivity contribution in [3.63, 3.8) is 0 Å². The minimum Gasteiger partial charge on any atom is -0.454 e. The molecule has 28 heavy (non-hydrogen) atoms. The molecule has 2 aromatic heterocycles. The van der Waals surface area contributed by atoms with Gasteiger partial charge in [0.15, 0.2) is 6.61 Å². The molecule has 3 rings (SSSR count). The van der Waals surface area contributed by atoms with Crippen molar-refractivity contribution in [2.75, 3.05) is 11.9 Å². The highest BCUT2D eigenvalue weighted by atomic mass is 32.1. The second-order valence-corrected chi connectivity index (χ2v) is 7.85. The summed E-state index contributed by atoms with van der Waals surface area (Å²) >= 11 is 1.44. The van der Waals surface area contributed by atoms with Gasteiger partial charge in [-0.05, 0) is 56.5 Å². The number of aromatic nitrogens is 2. The third kappa shape index (κ3) is 4.12. The number of hydrogen-bond acceptors (Lipinski definition) is 6. The van der Waals surface area contributed by atoms with Gasteiger partial charge in [0, 0.05) is 10.6 Å². The standard InChI is InChI=1S/C20H21N3O4S/c1-11-5-6-15(7-12(11)2)22-16(24)9-27-17(25)8-23-10-21-19-18(20(23)26)13(3)14(4)28-19/h5-7,10H,8-9H2,1-4H3,(H,22,24). The molecule has 3 aromatic rings. The minimum atomic E-state index is -0.678. The summed E-state index contributed by atoms with van der Waals surface area (Å²) in [6, 6.07) is 5.54. The van der Waals surface area contributed by atoms with E-state index in [4.69, 9.17) is 4.74 Å². The van der Waals surface area contributed by atoms with E-state index in [1.54, 1.807) is 6.07 Å². The maximum absolute atomic E-state index is 12.6. The summed E-state index contributed by atoms with van der Waals surface area (Å²) in [7, 11) is 0. The van der Waals surface area contributed by atoms with Crippen molar-refractivity contribution in [3.05, 3.63) is 56.4 Å². The van der Waals surface area contributed by atoms with Crippen LogP contribution in [0.15, 0.2) is 29.3 Å². The van der Waals surface area contributed by atoms with E-state index in [0.717, 1.165) is 21.6 Å². The number of hydrogen-bond donors (Lipinski definition) is 1. The van der Waals surface area contributed by atoms with Crippen LogP contribution in [0.1, 0.15) is 21.6 Å². The van der Waals surface area contributed by atoms with Crippen LogP contribution in [0.2, 0.25) is 0 Å². The summed E-state index contributed by atoms with van der Waals surface area (Å²) < 4.78 is 6.20. The summed E-state index contributed by atoms with van der Waals surface area (Å²) in [4.78, 5) is 42.5. The molecule has 0 spiro atoms. The number of ether oxygens (including phenoxy) is 1. The topological polar surface area (TPSA) is 90.3 Å². The smallest absolute Gasteiger partial charge is 0.326 e. The Kier molecular flexibility index (Phi) is 5.60. The Labute approximate surface area is 166 Å². The predicted molar refractivity (Wildman–Crippen MR) is 109 cm³/mol. The SMILES string of the molecule is Cc1ccc(NC(=O)COC(=O)Cn2cnc3sc(C)c(C)c3c2=O)cc1C. The largest absolute Gasteiger partial charge is 0.454 e. The molecule has 0 fully saturated rings. The van der Waals surface area contributed by atoms with Gasteiger partial charge in [-0.25, -0.2) is 4.98 Å². The molecule has 0 aliphatic carbocycles. The van der Waals surface area contributed by atoms with Crippen molar-refractivity contribution in [2.24, 2.45) is 0 Å². The molecule has 0 saturated heterocycles. The van der Waals surface area contributed by atoms with Gasteiger partial charge < -0.3 is 10.1 Å². The summed E-state index contributed by atoms with van der Waals surface area (Å²) in [5.74, 6) is -1.12. The van der Waals surface area contributed by atoms with Gasteiger partial charge in [0.1, 0.15) is 11.4 Å². The van der Waals surface area contributed by atoms with Gasteiger partial charge in [-0.2, -0.15) is 0 Å². The highest BCUT2D eigenvalue weighted by Gasteiger charge is 2.15. The zero-order chi connectivity index (χ0) is 20.4. The van der Waals surface area contributed by atoms with Gasteiger partial charge in [0.2, 0.25) is 0 Å². The first kappa shape index (κ1) is 19.8. The molecule has 0 unspecified atom stereocenters. The van der Waals surface area contributed by atoms with Crippen molar-refractivity contribution < 1.29 is 14.3 Å². The molecule has 1 amide bonds. The van der Waals surface area contributed by atoms with Crippen molar-refractivity contribution >= 4 is 39.1 Å². The molecule has 0 atom stereocenters.